The van der Waals surface area contributed by atoms with Crippen LogP contribution in [0.4, 0.5) is 0 Å². The van der Waals surface area contributed by atoms with E-state index in [1.165, 1.54) is 0 Å². The largest absolute Gasteiger partial charge is 0.425 e. The standard InChI is InChI=1S/C8H7IO3/c9-6-1-3-7(4-2-6)12-8(11)5-10/h1-4,10H,5H2. The molecular weight excluding hydrogens is 271 g/mol. The Morgan fingerprint density at radius 1 is 1.42 bits per heavy atom. The Hall–Kier alpha value is -0.620. The molecule has 0 saturated carbocycles. The third-order valence-electron chi connectivity index (χ3n) is 1.17. The van der Waals surface area contributed by atoms with Gasteiger partial charge in [0.2, 0.25) is 0 Å². The van der Waals surface area contributed by atoms with Crippen molar-refractivity contribution in [3.63, 3.8) is 0 Å². The van der Waals surface area contributed by atoms with Crippen LogP contribution in [0.2, 0.25) is 0 Å². The van der Waals surface area contributed by atoms with Crippen molar-refractivity contribution in [2.45, 2.75) is 0 Å². The first-order valence-electron chi connectivity index (χ1n) is 3.29. The molecule has 0 aliphatic heterocycles. The number of carbonyl (C=O) groups is 1. The number of benzene rings is 1. The van der Waals surface area contributed by atoms with Crippen LogP contribution >= 0.6 is 22.6 Å². The molecule has 1 N–H and O–H groups in total. The minimum atomic E-state index is -0.642. The van der Waals surface area contributed by atoms with E-state index in [1.54, 1.807) is 12.1 Å². The van der Waals surface area contributed by atoms with Crippen molar-refractivity contribution in [3.05, 3.63) is 27.8 Å². The molecule has 12 heavy (non-hydrogen) atoms. The van der Waals surface area contributed by atoms with Crippen LogP contribution in [0, 0.1) is 3.57 Å². The summed E-state index contributed by atoms with van der Waals surface area (Å²) >= 11 is 2.15. The van der Waals surface area contributed by atoms with Gasteiger partial charge in [-0.15, -0.1) is 0 Å². The maximum absolute atomic E-state index is 10.6. The topological polar surface area (TPSA) is 46.5 Å². The van der Waals surface area contributed by atoms with Crippen molar-refractivity contribution in [2.24, 2.45) is 0 Å². The van der Waals surface area contributed by atoms with Crippen LogP contribution < -0.4 is 4.74 Å². The monoisotopic (exact) mass is 278 g/mol. The summed E-state index contributed by atoms with van der Waals surface area (Å²) in [7, 11) is 0. The molecule has 0 atom stereocenters. The van der Waals surface area contributed by atoms with Crippen molar-refractivity contribution < 1.29 is 14.6 Å². The molecule has 0 fully saturated rings. The molecule has 0 aliphatic carbocycles. The zero-order valence-electron chi connectivity index (χ0n) is 6.16. The van der Waals surface area contributed by atoms with E-state index in [4.69, 9.17) is 9.84 Å². The lowest BCUT2D eigenvalue weighted by Crippen LogP contribution is -2.11. The normalized spacial score (nSPS) is 9.50. The number of aliphatic hydroxyl groups is 1. The number of rotatable bonds is 2. The van der Waals surface area contributed by atoms with Gasteiger partial charge in [-0.3, -0.25) is 0 Å². The fraction of sp³-hybridized carbons (Fsp3) is 0.125. The summed E-state index contributed by atoms with van der Waals surface area (Å²) in [4.78, 5) is 10.6. The molecule has 0 unspecified atom stereocenters. The van der Waals surface area contributed by atoms with Crippen LogP contribution in [0.3, 0.4) is 0 Å². The number of halogens is 1. The molecule has 0 aromatic heterocycles. The molecule has 0 amide bonds. The molecule has 0 aliphatic rings. The van der Waals surface area contributed by atoms with Gasteiger partial charge in [0.15, 0.2) is 0 Å². The lowest BCUT2D eigenvalue weighted by molar-refractivity contribution is -0.137. The van der Waals surface area contributed by atoms with E-state index >= 15 is 0 Å². The van der Waals surface area contributed by atoms with E-state index in [9.17, 15) is 4.79 Å². The summed E-state index contributed by atoms with van der Waals surface area (Å²) in [5.74, 6) is -0.189. The van der Waals surface area contributed by atoms with Crippen LogP contribution in [0.25, 0.3) is 0 Å². The lowest BCUT2D eigenvalue weighted by atomic mass is 10.3. The van der Waals surface area contributed by atoms with Gasteiger partial charge in [-0.1, -0.05) is 0 Å². The Bertz CT molecular complexity index is 268. The Morgan fingerprint density at radius 2 is 2.00 bits per heavy atom. The molecule has 1 aromatic rings. The fourth-order valence-corrected chi connectivity index (χ4v) is 1.03. The molecule has 3 nitrogen and oxygen atoms in total. The van der Waals surface area contributed by atoms with Gasteiger partial charge >= 0.3 is 5.97 Å². The maximum atomic E-state index is 10.6. The van der Waals surface area contributed by atoms with E-state index in [-0.39, 0.29) is 0 Å². The third kappa shape index (κ3) is 2.78. The average Bonchev–Trinajstić information content (AvgIpc) is 2.09. The summed E-state index contributed by atoms with van der Waals surface area (Å²) in [6.45, 7) is -0.591. The lowest BCUT2D eigenvalue weighted by Gasteiger charge is -2.00. The summed E-state index contributed by atoms with van der Waals surface area (Å²) in [5, 5.41) is 8.37. The second-order valence-electron chi connectivity index (χ2n) is 2.09. The first kappa shape index (κ1) is 9.47. The van der Waals surface area contributed by atoms with E-state index in [0.29, 0.717) is 5.75 Å². The van der Waals surface area contributed by atoms with Gasteiger partial charge in [-0.05, 0) is 46.9 Å². The third-order valence-corrected chi connectivity index (χ3v) is 1.89. The maximum Gasteiger partial charge on any atom is 0.337 e. The number of ether oxygens (including phenoxy) is 1. The number of esters is 1. The van der Waals surface area contributed by atoms with Crippen molar-refractivity contribution >= 4 is 28.6 Å². The number of carbonyl (C=O) groups excluding carboxylic acids is 1. The number of hydrogen-bond donors (Lipinski definition) is 1. The van der Waals surface area contributed by atoms with Gasteiger partial charge in [-0.2, -0.15) is 0 Å². The highest BCUT2D eigenvalue weighted by molar-refractivity contribution is 14.1. The Morgan fingerprint density at radius 3 is 2.50 bits per heavy atom. The van der Waals surface area contributed by atoms with E-state index < -0.39 is 12.6 Å². The number of hydrogen-bond acceptors (Lipinski definition) is 3. The highest BCUT2D eigenvalue weighted by Crippen LogP contribution is 2.13. The van der Waals surface area contributed by atoms with Crippen molar-refractivity contribution in [2.75, 3.05) is 6.61 Å². The molecule has 64 valence electrons. The second-order valence-corrected chi connectivity index (χ2v) is 3.33. The Kier molecular flexibility index (Phi) is 3.48. The second kappa shape index (κ2) is 4.42. The number of aliphatic hydroxyl groups excluding tert-OH is 1. The first-order chi connectivity index (χ1) is 5.72. The molecule has 0 heterocycles. The molecule has 0 saturated heterocycles. The van der Waals surface area contributed by atoms with Gasteiger partial charge in [0.05, 0.1) is 0 Å². The molecule has 0 spiro atoms. The van der Waals surface area contributed by atoms with Gasteiger partial charge in [0.25, 0.3) is 0 Å². The summed E-state index contributed by atoms with van der Waals surface area (Å²) < 4.78 is 5.79. The molecule has 4 heteroatoms. The van der Waals surface area contributed by atoms with Gasteiger partial charge in [0, 0.05) is 3.57 Å². The summed E-state index contributed by atoms with van der Waals surface area (Å²) in [5.41, 5.74) is 0. The van der Waals surface area contributed by atoms with Crippen LogP contribution in [0.5, 0.6) is 5.75 Å². The molecule has 0 radical (unpaired) electrons. The van der Waals surface area contributed by atoms with Gasteiger partial charge < -0.3 is 9.84 Å². The molecule has 0 bridgehead atoms. The summed E-state index contributed by atoms with van der Waals surface area (Å²) in [6.07, 6.45) is 0. The minimum absolute atomic E-state index is 0.453. The van der Waals surface area contributed by atoms with Crippen molar-refractivity contribution in [1.29, 1.82) is 0 Å². The average molecular weight is 278 g/mol. The van der Waals surface area contributed by atoms with Crippen molar-refractivity contribution in [1.82, 2.24) is 0 Å². The molecular formula is C8H7IO3. The molecule has 1 rings (SSSR count). The minimum Gasteiger partial charge on any atom is -0.425 e. The van der Waals surface area contributed by atoms with Crippen LogP contribution in [-0.4, -0.2) is 17.7 Å². The fourth-order valence-electron chi connectivity index (χ4n) is 0.666. The predicted molar refractivity (Wildman–Crippen MR) is 51.9 cm³/mol. The van der Waals surface area contributed by atoms with E-state index in [0.717, 1.165) is 3.57 Å². The quantitative estimate of drug-likeness (QED) is 0.502. The zero-order chi connectivity index (χ0) is 8.97. The predicted octanol–water partition coefficient (Wildman–Crippen LogP) is 1.19. The zero-order valence-corrected chi connectivity index (χ0v) is 8.32. The highest BCUT2D eigenvalue weighted by Gasteiger charge is 2.00. The van der Waals surface area contributed by atoms with Crippen LogP contribution in [-0.2, 0) is 4.79 Å². The Labute approximate surface area is 83.5 Å². The van der Waals surface area contributed by atoms with Crippen LogP contribution in [0.1, 0.15) is 0 Å². The molecule has 1 aromatic carbocycles. The smallest absolute Gasteiger partial charge is 0.337 e. The summed E-state index contributed by atoms with van der Waals surface area (Å²) in [6, 6.07) is 6.99. The van der Waals surface area contributed by atoms with E-state index in [1.807, 2.05) is 12.1 Å². The van der Waals surface area contributed by atoms with Gasteiger partial charge in [-0.25, -0.2) is 4.79 Å². The first-order valence-corrected chi connectivity index (χ1v) is 4.37. The van der Waals surface area contributed by atoms with Crippen molar-refractivity contribution in [3.8, 4) is 5.75 Å². The highest BCUT2D eigenvalue weighted by atomic mass is 127. The SMILES string of the molecule is O=C(CO)Oc1ccc(I)cc1. The van der Waals surface area contributed by atoms with E-state index in [2.05, 4.69) is 22.6 Å². The van der Waals surface area contributed by atoms with Gasteiger partial charge in [0.1, 0.15) is 12.4 Å². The van der Waals surface area contributed by atoms with Crippen LogP contribution in [0.15, 0.2) is 24.3 Å². The Balaban J connectivity index is 2.64.